The van der Waals surface area contributed by atoms with Crippen LogP contribution in [0.15, 0.2) is 12.1 Å². The van der Waals surface area contributed by atoms with E-state index in [1.165, 1.54) is 0 Å². The maximum Gasteiger partial charge on any atom is 0.227 e. The summed E-state index contributed by atoms with van der Waals surface area (Å²) in [5.41, 5.74) is -0.287. The largest absolute Gasteiger partial charge is 0.396 e. The molecular formula is C11H10F3NO2. The maximum atomic E-state index is 13.4. The van der Waals surface area contributed by atoms with E-state index < -0.39 is 23.4 Å². The van der Waals surface area contributed by atoms with Gasteiger partial charge in [-0.15, -0.1) is 0 Å². The highest BCUT2D eigenvalue weighted by Crippen LogP contribution is 2.28. The molecule has 1 N–H and O–H groups in total. The first-order valence-electron chi connectivity index (χ1n) is 5.08. The molecule has 17 heavy (non-hydrogen) atoms. The van der Waals surface area contributed by atoms with Gasteiger partial charge in [-0.05, 0) is 0 Å². The van der Waals surface area contributed by atoms with E-state index in [9.17, 15) is 18.0 Å². The van der Waals surface area contributed by atoms with E-state index >= 15 is 0 Å². The monoisotopic (exact) mass is 245 g/mol. The van der Waals surface area contributed by atoms with Crippen LogP contribution in [0.5, 0.6) is 0 Å². The van der Waals surface area contributed by atoms with Crippen molar-refractivity contribution >= 4 is 11.6 Å². The minimum absolute atomic E-state index is 0.0783. The highest BCUT2D eigenvalue weighted by atomic mass is 19.2. The van der Waals surface area contributed by atoms with Gasteiger partial charge < -0.3 is 10.0 Å². The molecule has 0 bridgehead atoms. The molecule has 1 saturated heterocycles. The lowest BCUT2D eigenvalue weighted by molar-refractivity contribution is -0.117. The number of aliphatic hydroxyl groups excluding tert-OH is 1. The Bertz CT molecular complexity index is 464. The number of anilines is 1. The van der Waals surface area contributed by atoms with E-state index in [-0.39, 0.29) is 31.2 Å². The number of hydrogen-bond acceptors (Lipinski definition) is 2. The second kappa shape index (κ2) is 4.37. The molecule has 0 radical (unpaired) electrons. The van der Waals surface area contributed by atoms with Crippen LogP contribution in [-0.4, -0.2) is 24.2 Å². The minimum atomic E-state index is -1.29. The number of rotatable bonds is 2. The first kappa shape index (κ1) is 11.9. The van der Waals surface area contributed by atoms with Gasteiger partial charge in [-0.3, -0.25) is 4.79 Å². The van der Waals surface area contributed by atoms with Crippen LogP contribution in [0.1, 0.15) is 6.42 Å². The minimum Gasteiger partial charge on any atom is -0.396 e. The molecule has 1 aliphatic heterocycles. The molecule has 0 saturated carbocycles. The Morgan fingerprint density at radius 1 is 1.24 bits per heavy atom. The Balaban J connectivity index is 2.35. The summed E-state index contributed by atoms with van der Waals surface area (Å²) < 4.78 is 39.1. The smallest absolute Gasteiger partial charge is 0.227 e. The average Bonchev–Trinajstić information content (AvgIpc) is 2.65. The van der Waals surface area contributed by atoms with Crippen molar-refractivity contribution in [3.8, 4) is 0 Å². The van der Waals surface area contributed by atoms with Gasteiger partial charge in [0.15, 0.2) is 11.6 Å². The van der Waals surface area contributed by atoms with Gasteiger partial charge in [-0.1, -0.05) is 0 Å². The number of nitrogens with zero attached hydrogens (tertiary/aromatic N) is 1. The summed E-state index contributed by atoms with van der Waals surface area (Å²) in [6, 6.07) is 1.06. The molecule has 1 heterocycles. The normalized spacial score (nSPS) is 20.1. The number of halogens is 3. The SMILES string of the molecule is O=C1CC(CO)CN1c1cc(F)c(F)cc1F. The molecule has 0 aliphatic carbocycles. The predicted octanol–water partition coefficient (Wildman–Crippen LogP) is 1.45. The van der Waals surface area contributed by atoms with Crippen molar-refractivity contribution in [2.45, 2.75) is 6.42 Å². The molecule has 1 aromatic rings. The summed E-state index contributed by atoms with van der Waals surface area (Å²) in [4.78, 5) is 12.6. The highest BCUT2D eigenvalue weighted by Gasteiger charge is 2.32. The van der Waals surface area contributed by atoms with E-state index in [2.05, 4.69) is 0 Å². The molecule has 0 aromatic heterocycles. The van der Waals surface area contributed by atoms with Gasteiger partial charge >= 0.3 is 0 Å². The molecule has 1 unspecified atom stereocenters. The molecule has 2 rings (SSSR count). The first-order valence-corrected chi connectivity index (χ1v) is 5.08. The van der Waals surface area contributed by atoms with Gasteiger partial charge in [0.1, 0.15) is 5.82 Å². The zero-order chi connectivity index (χ0) is 12.6. The lowest BCUT2D eigenvalue weighted by Crippen LogP contribution is -2.26. The fourth-order valence-electron chi connectivity index (χ4n) is 1.86. The van der Waals surface area contributed by atoms with Crippen LogP contribution in [0.4, 0.5) is 18.9 Å². The van der Waals surface area contributed by atoms with Crippen molar-refractivity contribution in [3.63, 3.8) is 0 Å². The van der Waals surface area contributed by atoms with Crippen molar-refractivity contribution in [3.05, 3.63) is 29.6 Å². The van der Waals surface area contributed by atoms with Crippen LogP contribution in [0.25, 0.3) is 0 Å². The second-order valence-electron chi connectivity index (χ2n) is 3.97. The number of hydrogen-bond donors (Lipinski definition) is 1. The van der Waals surface area contributed by atoms with Crippen molar-refractivity contribution in [1.82, 2.24) is 0 Å². The molecule has 1 fully saturated rings. The van der Waals surface area contributed by atoms with Gasteiger partial charge in [0.25, 0.3) is 0 Å². The van der Waals surface area contributed by atoms with E-state index in [1.807, 2.05) is 0 Å². The van der Waals surface area contributed by atoms with Crippen molar-refractivity contribution < 1.29 is 23.1 Å². The third kappa shape index (κ3) is 2.12. The summed E-state index contributed by atoms with van der Waals surface area (Å²) in [6.07, 6.45) is 0.0783. The second-order valence-corrected chi connectivity index (χ2v) is 3.97. The lowest BCUT2D eigenvalue weighted by atomic mass is 10.1. The molecule has 1 aromatic carbocycles. The number of carbonyl (C=O) groups excluding carboxylic acids is 1. The molecule has 0 spiro atoms. The van der Waals surface area contributed by atoms with Crippen LogP contribution in [0.2, 0.25) is 0 Å². The zero-order valence-electron chi connectivity index (χ0n) is 8.79. The van der Waals surface area contributed by atoms with Crippen molar-refractivity contribution in [1.29, 1.82) is 0 Å². The van der Waals surface area contributed by atoms with Gasteiger partial charge in [0.2, 0.25) is 5.91 Å². The molecular weight excluding hydrogens is 235 g/mol. The zero-order valence-corrected chi connectivity index (χ0v) is 8.79. The van der Waals surface area contributed by atoms with Crippen molar-refractivity contribution in [2.24, 2.45) is 5.92 Å². The number of amides is 1. The molecule has 3 nitrogen and oxygen atoms in total. The van der Waals surface area contributed by atoms with E-state index in [4.69, 9.17) is 5.11 Å². The predicted molar refractivity (Wildman–Crippen MR) is 53.9 cm³/mol. The fourth-order valence-corrected chi connectivity index (χ4v) is 1.86. The molecule has 1 aliphatic rings. The standard InChI is InChI=1S/C11H10F3NO2/c12-7-2-9(14)10(3-8(7)13)15-4-6(5-16)1-11(15)17/h2-3,6,16H,1,4-5H2. The molecule has 1 atom stereocenters. The van der Waals surface area contributed by atoms with Crippen LogP contribution in [0, 0.1) is 23.4 Å². The van der Waals surface area contributed by atoms with E-state index in [0.29, 0.717) is 12.1 Å². The van der Waals surface area contributed by atoms with Crippen LogP contribution < -0.4 is 4.90 Å². The summed E-state index contributed by atoms with van der Waals surface area (Å²) in [5.74, 6) is -4.20. The number of benzene rings is 1. The van der Waals surface area contributed by atoms with Gasteiger partial charge in [-0.25, -0.2) is 13.2 Å². The van der Waals surface area contributed by atoms with E-state index in [1.54, 1.807) is 0 Å². The van der Waals surface area contributed by atoms with Gasteiger partial charge in [0, 0.05) is 37.6 Å². The third-order valence-corrected chi connectivity index (χ3v) is 2.74. The Labute approximate surface area is 95.5 Å². The van der Waals surface area contributed by atoms with Gasteiger partial charge in [0.05, 0.1) is 5.69 Å². The molecule has 6 heteroatoms. The number of aliphatic hydroxyl groups is 1. The topological polar surface area (TPSA) is 40.5 Å². The van der Waals surface area contributed by atoms with Crippen LogP contribution in [-0.2, 0) is 4.79 Å². The lowest BCUT2D eigenvalue weighted by Gasteiger charge is -2.17. The third-order valence-electron chi connectivity index (χ3n) is 2.74. The van der Waals surface area contributed by atoms with Crippen LogP contribution in [0.3, 0.4) is 0 Å². The van der Waals surface area contributed by atoms with Crippen molar-refractivity contribution in [2.75, 3.05) is 18.1 Å². The van der Waals surface area contributed by atoms with E-state index in [0.717, 1.165) is 4.90 Å². The quantitative estimate of drug-likeness (QED) is 0.801. The Kier molecular flexibility index (Phi) is 3.06. The summed E-state index contributed by atoms with van der Waals surface area (Å²) >= 11 is 0. The van der Waals surface area contributed by atoms with Gasteiger partial charge in [-0.2, -0.15) is 0 Å². The Morgan fingerprint density at radius 3 is 2.47 bits per heavy atom. The Morgan fingerprint density at radius 2 is 1.88 bits per heavy atom. The van der Waals surface area contributed by atoms with Crippen LogP contribution >= 0.6 is 0 Å². The molecule has 1 amide bonds. The molecule has 92 valence electrons. The summed E-state index contributed by atoms with van der Waals surface area (Å²) in [7, 11) is 0. The maximum absolute atomic E-state index is 13.4. The average molecular weight is 245 g/mol. The first-order chi connectivity index (χ1) is 8.02. The Hall–Kier alpha value is -1.56. The summed E-state index contributed by atoms with van der Waals surface area (Å²) in [6.45, 7) is -0.0924. The fraction of sp³-hybridized carbons (Fsp3) is 0.364. The number of carbonyl (C=O) groups is 1. The summed E-state index contributed by atoms with van der Waals surface area (Å²) in [5, 5.41) is 8.91. The highest BCUT2D eigenvalue weighted by molar-refractivity contribution is 5.95.